The summed E-state index contributed by atoms with van der Waals surface area (Å²) in [4.78, 5) is 4.84. The largest absolute Gasteiger partial charge is 0.341 e. The van der Waals surface area contributed by atoms with Crippen LogP contribution in [0.3, 0.4) is 0 Å². The highest BCUT2D eigenvalue weighted by Gasteiger charge is 2.24. The van der Waals surface area contributed by atoms with E-state index in [0.29, 0.717) is 17.3 Å². The lowest BCUT2D eigenvalue weighted by atomic mass is 10.2. The molecule has 2 aliphatic rings. The van der Waals surface area contributed by atoms with Gasteiger partial charge in [-0.15, -0.1) is 4.40 Å². The molecule has 0 aliphatic carbocycles. The van der Waals surface area contributed by atoms with Gasteiger partial charge in [-0.25, -0.2) is 4.99 Å². The Morgan fingerprint density at radius 1 is 1.12 bits per heavy atom. The summed E-state index contributed by atoms with van der Waals surface area (Å²) in [7, 11) is -3.63. The van der Waals surface area contributed by atoms with E-state index >= 15 is 0 Å². The smallest absolute Gasteiger partial charge is 0.286 e. The first-order valence-corrected chi connectivity index (χ1v) is 10.6. The van der Waals surface area contributed by atoms with E-state index in [0.717, 1.165) is 15.8 Å². The molecule has 0 saturated heterocycles. The van der Waals surface area contributed by atoms with Crippen LogP contribution in [-0.2, 0) is 15.8 Å². The fourth-order valence-electron chi connectivity index (χ4n) is 2.45. The number of nitrogens with zero attached hydrogens (tertiary/aromatic N) is 2. The van der Waals surface area contributed by atoms with E-state index < -0.39 is 10.0 Å². The Kier molecular flexibility index (Phi) is 4.11. The third-order valence-electron chi connectivity index (χ3n) is 3.56. The van der Waals surface area contributed by atoms with Gasteiger partial charge in [0.1, 0.15) is 15.1 Å². The molecule has 2 aliphatic heterocycles. The van der Waals surface area contributed by atoms with Crippen molar-refractivity contribution in [2.45, 2.75) is 10.6 Å². The first kappa shape index (κ1) is 15.7. The number of amidine groups is 1. The molecule has 2 aromatic carbocycles. The molecule has 0 radical (unpaired) electrons. The van der Waals surface area contributed by atoms with Crippen molar-refractivity contribution in [3.63, 3.8) is 0 Å². The molecule has 4 rings (SSSR count). The molecule has 0 amide bonds. The van der Waals surface area contributed by atoms with E-state index in [4.69, 9.17) is 0 Å². The van der Waals surface area contributed by atoms with Crippen LogP contribution in [0.1, 0.15) is 5.56 Å². The Morgan fingerprint density at radius 3 is 2.83 bits per heavy atom. The fraction of sp³-hybridized carbons (Fsp3) is 0.125. The number of para-hydroxylation sites is 2. The number of rotatable bonds is 2. The van der Waals surface area contributed by atoms with Crippen molar-refractivity contribution in [3.8, 4) is 0 Å². The van der Waals surface area contributed by atoms with Crippen LogP contribution < -0.4 is 5.32 Å². The van der Waals surface area contributed by atoms with Crippen LogP contribution in [0, 0.1) is 0 Å². The zero-order chi connectivity index (χ0) is 16.6. The molecular weight excluding hydrogens is 362 g/mol. The first-order valence-electron chi connectivity index (χ1n) is 7.24. The lowest BCUT2D eigenvalue weighted by Gasteiger charge is -2.19. The number of nitrogens with one attached hydrogen (secondary N) is 1. The predicted molar refractivity (Wildman–Crippen MR) is 102 cm³/mol. The van der Waals surface area contributed by atoms with Gasteiger partial charge in [0.2, 0.25) is 0 Å². The molecule has 0 fully saturated rings. The van der Waals surface area contributed by atoms with Crippen molar-refractivity contribution in [3.05, 3.63) is 54.1 Å². The summed E-state index contributed by atoms with van der Waals surface area (Å²) in [6.07, 6.45) is 0. The molecule has 0 aromatic heterocycles. The maximum Gasteiger partial charge on any atom is 0.286 e. The summed E-state index contributed by atoms with van der Waals surface area (Å²) in [5.74, 6) is 1.74. The van der Waals surface area contributed by atoms with E-state index in [9.17, 15) is 8.42 Å². The SMILES string of the molecule is O=S1(=O)N=C(CSC2=Nc3ccccc3CS2)Nc2ccccc21. The highest BCUT2D eigenvalue weighted by molar-refractivity contribution is 8.38. The van der Waals surface area contributed by atoms with E-state index in [2.05, 4.69) is 20.8 Å². The first-order chi connectivity index (χ1) is 11.6. The molecule has 0 unspecified atom stereocenters. The second-order valence-corrected chi connectivity index (χ2v) is 8.98. The second-order valence-electron chi connectivity index (χ2n) is 5.22. The van der Waals surface area contributed by atoms with Gasteiger partial charge in [-0.1, -0.05) is 53.9 Å². The molecule has 0 atom stereocenters. The Bertz CT molecular complexity index is 968. The molecule has 5 nitrogen and oxygen atoms in total. The number of benzene rings is 2. The van der Waals surface area contributed by atoms with Crippen LogP contribution in [0.2, 0.25) is 0 Å². The summed E-state index contributed by atoms with van der Waals surface area (Å²) in [5, 5.41) is 3.10. The van der Waals surface area contributed by atoms with Crippen molar-refractivity contribution in [2.75, 3.05) is 11.1 Å². The molecular formula is C16H13N3O2S3. The minimum atomic E-state index is -3.63. The molecule has 0 bridgehead atoms. The van der Waals surface area contributed by atoms with Gasteiger partial charge in [-0.3, -0.25) is 0 Å². The number of hydrogen-bond donors (Lipinski definition) is 1. The van der Waals surface area contributed by atoms with E-state index in [-0.39, 0.29) is 4.90 Å². The van der Waals surface area contributed by atoms with Gasteiger partial charge in [-0.05, 0) is 23.8 Å². The maximum absolute atomic E-state index is 12.2. The van der Waals surface area contributed by atoms with E-state index in [1.54, 1.807) is 36.0 Å². The summed E-state index contributed by atoms with van der Waals surface area (Å²) < 4.78 is 29.3. The number of thioether (sulfide) groups is 2. The fourth-order valence-corrected chi connectivity index (χ4v) is 5.61. The van der Waals surface area contributed by atoms with Crippen LogP contribution in [0.25, 0.3) is 0 Å². The van der Waals surface area contributed by atoms with Gasteiger partial charge in [0.15, 0.2) is 0 Å². The zero-order valence-electron chi connectivity index (χ0n) is 12.5. The summed E-state index contributed by atoms with van der Waals surface area (Å²) in [5.41, 5.74) is 2.78. The van der Waals surface area contributed by atoms with Gasteiger partial charge in [-0.2, -0.15) is 8.42 Å². The Labute approximate surface area is 148 Å². The molecule has 122 valence electrons. The number of hydrogen-bond acceptors (Lipinski definition) is 6. The zero-order valence-corrected chi connectivity index (χ0v) is 14.9. The number of aliphatic imine (C=N–C) groups is 1. The minimum absolute atomic E-state index is 0.219. The average molecular weight is 376 g/mol. The van der Waals surface area contributed by atoms with E-state index in [1.165, 1.54) is 17.3 Å². The number of fused-ring (bicyclic) bond motifs is 2. The van der Waals surface area contributed by atoms with Crippen molar-refractivity contribution in [1.82, 2.24) is 0 Å². The molecule has 0 spiro atoms. The maximum atomic E-state index is 12.2. The Hall–Kier alpha value is -1.77. The van der Waals surface area contributed by atoms with Crippen LogP contribution in [0.4, 0.5) is 11.4 Å². The third kappa shape index (κ3) is 3.09. The molecule has 2 heterocycles. The monoisotopic (exact) mass is 375 g/mol. The van der Waals surface area contributed by atoms with Crippen LogP contribution in [0.5, 0.6) is 0 Å². The quantitative estimate of drug-likeness (QED) is 0.863. The molecule has 0 saturated carbocycles. The lowest BCUT2D eigenvalue weighted by Crippen LogP contribution is -2.23. The Morgan fingerprint density at radius 2 is 1.92 bits per heavy atom. The molecule has 24 heavy (non-hydrogen) atoms. The van der Waals surface area contributed by atoms with E-state index in [1.807, 2.05) is 18.2 Å². The normalized spacial score (nSPS) is 17.8. The molecule has 2 aromatic rings. The second kappa shape index (κ2) is 6.27. The van der Waals surface area contributed by atoms with Gasteiger partial charge < -0.3 is 5.32 Å². The van der Waals surface area contributed by atoms with Crippen LogP contribution >= 0.6 is 23.5 Å². The highest BCUT2D eigenvalue weighted by atomic mass is 32.2. The number of anilines is 1. The topological polar surface area (TPSA) is 70.9 Å². The number of sulfonamides is 1. The van der Waals surface area contributed by atoms with Crippen molar-refractivity contribution in [1.29, 1.82) is 0 Å². The summed E-state index contributed by atoms with van der Waals surface area (Å²) in [6, 6.07) is 14.8. The van der Waals surface area contributed by atoms with Gasteiger partial charge in [0.05, 0.1) is 17.1 Å². The van der Waals surface area contributed by atoms with Crippen molar-refractivity contribution < 1.29 is 8.42 Å². The Balaban J connectivity index is 1.52. The lowest BCUT2D eigenvalue weighted by molar-refractivity contribution is 0.598. The predicted octanol–water partition coefficient (Wildman–Crippen LogP) is 3.87. The van der Waals surface area contributed by atoms with Crippen LogP contribution in [-0.4, -0.2) is 24.4 Å². The average Bonchev–Trinajstić information content (AvgIpc) is 2.59. The highest BCUT2D eigenvalue weighted by Crippen LogP contribution is 2.35. The van der Waals surface area contributed by atoms with Gasteiger partial charge in [0.25, 0.3) is 10.0 Å². The molecule has 8 heteroatoms. The van der Waals surface area contributed by atoms with Crippen molar-refractivity contribution >= 4 is 55.1 Å². The standard InChI is InChI=1S/C16H13N3O2S3/c20-24(21)14-8-4-3-7-13(14)17-15(19-24)10-23-16-18-12-6-2-1-5-11(12)9-22-16/h1-8H,9-10H2,(H,17,19). The van der Waals surface area contributed by atoms with Gasteiger partial charge >= 0.3 is 0 Å². The minimum Gasteiger partial charge on any atom is -0.341 e. The molecule has 1 N–H and O–H groups in total. The third-order valence-corrected chi connectivity index (χ3v) is 7.19. The van der Waals surface area contributed by atoms with Crippen LogP contribution in [0.15, 0.2) is 62.8 Å². The summed E-state index contributed by atoms with van der Waals surface area (Å²) in [6.45, 7) is 0. The summed E-state index contributed by atoms with van der Waals surface area (Å²) >= 11 is 3.16. The van der Waals surface area contributed by atoms with Crippen molar-refractivity contribution in [2.24, 2.45) is 9.39 Å². The van der Waals surface area contributed by atoms with Gasteiger partial charge in [0, 0.05) is 5.75 Å².